The van der Waals surface area contributed by atoms with Gasteiger partial charge in [0.15, 0.2) is 5.79 Å². The van der Waals surface area contributed by atoms with Gasteiger partial charge < -0.3 is 14.4 Å². The van der Waals surface area contributed by atoms with Gasteiger partial charge in [-0.1, -0.05) is 11.6 Å². The van der Waals surface area contributed by atoms with Crippen molar-refractivity contribution < 1.29 is 9.47 Å². The van der Waals surface area contributed by atoms with E-state index in [0.29, 0.717) is 18.9 Å². The lowest BCUT2D eigenvalue weighted by Crippen LogP contribution is -2.47. The normalized spacial score (nSPS) is 25.3. The average Bonchev–Trinajstić information content (AvgIpc) is 2.93. The molecule has 1 atom stereocenters. The molecule has 1 aromatic heterocycles. The van der Waals surface area contributed by atoms with E-state index < -0.39 is 5.79 Å². The molecule has 2 fully saturated rings. The molecule has 2 aliphatic heterocycles. The first-order chi connectivity index (χ1) is 10.0. The van der Waals surface area contributed by atoms with Gasteiger partial charge in [0, 0.05) is 26.1 Å². The molecule has 0 spiro atoms. The molecular weight excluding hydrogens is 294 g/mol. The number of ether oxygens (including phenoxy) is 2. The third-order valence-corrected chi connectivity index (χ3v) is 4.78. The highest BCUT2D eigenvalue weighted by molar-refractivity contribution is 6.33. The fraction of sp³-hybridized carbons (Fsp3) is 0.714. The maximum Gasteiger partial charge on any atom is 0.287 e. The van der Waals surface area contributed by atoms with Crippen LogP contribution in [0.3, 0.4) is 0 Å². The standard InChI is InChI=1S/C14H20ClN3O3/c1-14(20-6-7-21-14)10-4-3-5-18(9-10)11-8-16-17(2)13(19)12(11)15/h8,10H,3-7,9H2,1-2H3/t10-/m0/s1. The van der Waals surface area contributed by atoms with E-state index in [1.54, 1.807) is 13.2 Å². The molecule has 0 amide bonds. The van der Waals surface area contributed by atoms with Crippen LogP contribution in [0.15, 0.2) is 11.0 Å². The van der Waals surface area contributed by atoms with Crippen LogP contribution >= 0.6 is 11.6 Å². The fourth-order valence-electron chi connectivity index (χ4n) is 3.11. The minimum absolute atomic E-state index is 0.228. The minimum atomic E-state index is -0.529. The summed E-state index contributed by atoms with van der Waals surface area (Å²) < 4.78 is 12.8. The molecule has 0 radical (unpaired) electrons. The van der Waals surface area contributed by atoms with E-state index in [0.717, 1.165) is 25.9 Å². The Morgan fingerprint density at radius 2 is 2.14 bits per heavy atom. The molecule has 0 saturated carbocycles. The molecule has 0 aliphatic carbocycles. The van der Waals surface area contributed by atoms with Gasteiger partial charge in [0.1, 0.15) is 5.02 Å². The van der Waals surface area contributed by atoms with E-state index in [-0.39, 0.29) is 16.5 Å². The van der Waals surface area contributed by atoms with Crippen molar-refractivity contribution in [1.29, 1.82) is 0 Å². The number of aromatic nitrogens is 2. The number of hydrogen-bond acceptors (Lipinski definition) is 5. The second kappa shape index (κ2) is 5.59. The van der Waals surface area contributed by atoms with E-state index in [1.165, 1.54) is 4.68 Å². The first kappa shape index (κ1) is 14.8. The molecule has 2 saturated heterocycles. The summed E-state index contributed by atoms with van der Waals surface area (Å²) in [6.45, 7) is 4.90. The van der Waals surface area contributed by atoms with Crippen LogP contribution in [0.25, 0.3) is 0 Å². The highest BCUT2D eigenvalue weighted by Gasteiger charge is 2.42. The number of nitrogens with zero attached hydrogens (tertiary/aromatic N) is 3. The molecule has 0 unspecified atom stereocenters. The fourth-order valence-corrected chi connectivity index (χ4v) is 3.40. The molecule has 2 aliphatic rings. The van der Waals surface area contributed by atoms with E-state index in [4.69, 9.17) is 21.1 Å². The Morgan fingerprint density at radius 1 is 1.43 bits per heavy atom. The molecular formula is C14H20ClN3O3. The van der Waals surface area contributed by atoms with Crippen molar-refractivity contribution in [1.82, 2.24) is 9.78 Å². The summed E-state index contributed by atoms with van der Waals surface area (Å²) in [6.07, 6.45) is 3.71. The number of halogens is 1. The highest BCUT2D eigenvalue weighted by atomic mass is 35.5. The number of anilines is 1. The Bertz CT molecular complexity index is 583. The molecule has 6 nitrogen and oxygen atoms in total. The van der Waals surface area contributed by atoms with Crippen molar-refractivity contribution in [3.8, 4) is 0 Å². The summed E-state index contributed by atoms with van der Waals surface area (Å²) in [5.74, 6) is -0.271. The van der Waals surface area contributed by atoms with Crippen LogP contribution < -0.4 is 10.5 Å². The van der Waals surface area contributed by atoms with Crippen molar-refractivity contribution in [2.75, 3.05) is 31.2 Å². The number of rotatable bonds is 2. The van der Waals surface area contributed by atoms with Gasteiger partial charge >= 0.3 is 0 Å². The Hall–Kier alpha value is -1.11. The lowest BCUT2D eigenvalue weighted by molar-refractivity contribution is -0.182. The molecule has 21 heavy (non-hydrogen) atoms. The van der Waals surface area contributed by atoms with Crippen molar-refractivity contribution in [2.45, 2.75) is 25.6 Å². The number of piperidine rings is 1. The largest absolute Gasteiger partial charge is 0.368 e. The van der Waals surface area contributed by atoms with Gasteiger partial charge in [0.2, 0.25) is 0 Å². The highest BCUT2D eigenvalue weighted by Crippen LogP contribution is 2.36. The summed E-state index contributed by atoms with van der Waals surface area (Å²) in [6, 6.07) is 0. The molecule has 7 heteroatoms. The summed E-state index contributed by atoms with van der Waals surface area (Å²) >= 11 is 6.20. The zero-order valence-corrected chi connectivity index (χ0v) is 13.1. The molecule has 3 heterocycles. The average molecular weight is 314 g/mol. The van der Waals surface area contributed by atoms with Gasteiger partial charge in [-0.05, 0) is 19.8 Å². The van der Waals surface area contributed by atoms with E-state index in [1.807, 2.05) is 6.92 Å². The summed E-state index contributed by atoms with van der Waals surface area (Å²) in [7, 11) is 1.60. The topological polar surface area (TPSA) is 56.6 Å². The van der Waals surface area contributed by atoms with Gasteiger partial charge in [-0.2, -0.15) is 5.10 Å². The van der Waals surface area contributed by atoms with Crippen LogP contribution in [0.1, 0.15) is 19.8 Å². The van der Waals surface area contributed by atoms with Crippen molar-refractivity contribution in [3.05, 3.63) is 21.6 Å². The van der Waals surface area contributed by atoms with Gasteiger partial charge in [0.25, 0.3) is 5.56 Å². The second-order valence-electron chi connectivity index (χ2n) is 5.77. The Kier molecular flexibility index (Phi) is 3.94. The predicted molar refractivity (Wildman–Crippen MR) is 79.7 cm³/mol. The zero-order valence-electron chi connectivity index (χ0n) is 12.3. The van der Waals surface area contributed by atoms with Crippen LogP contribution in [0.5, 0.6) is 0 Å². The quantitative estimate of drug-likeness (QED) is 0.826. The Morgan fingerprint density at radius 3 is 2.86 bits per heavy atom. The second-order valence-corrected chi connectivity index (χ2v) is 6.15. The maximum atomic E-state index is 11.9. The molecule has 3 rings (SSSR count). The molecule has 1 aromatic rings. The monoisotopic (exact) mass is 313 g/mol. The van der Waals surface area contributed by atoms with Crippen molar-refractivity contribution in [2.24, 2.45) is 13.0 Å². The SMILES string of the molecule is Cn1ncc(N2CCC[C@H](C3(C)OCCO3)C2)c(Cl)c1=O. The zero-order chi connectivity index (χ0) is 15.0. The maximum absolute atomic E-state index is 11.9. The molecule has 0 aromatic carbocycles. The Balaban J connectivity index is 1.83. The van der Waals surface area contributed by atoms with Gasteiger partial charge in [-0.3, -0.25) is 4.79 Å². The lowest BCUT2D eigenvalue weighted by Gasteiger charge is -2.40. The van der Waals surface area contributed by atoms with Crippen LogP contribution in [0.2, 0.25) is 5.02 Å². The predicted octanol–water partition coefficient (Wildman–Crippen LogP) is 1.41. The van der Waals surface area contributed by atoms with E-state index in [9.17, 15) is 4.79 Å². The van der Waals surface area contributed by atoms with Crippen LogP contribution in [0.4, 0.5) is 5.69 Å². The first-order valence-corrected chi connectivity index (χ1v) is 7.64. The Labute approximate surface area is 128 Å². The van der Waals surface area contributed by atoms with Crippen molar-refractivity contribution in [3.63, 3.8) is 0 Å². The van der Waals surface area contributed by atoms with Gasteiger partial charge in [-0.15, -0.1) is 0 Å². The van der Waals surface area contributed by atoms with E-state index in [2.05, 4.69) is 10.00 Å². The number of hydrogen-bond donors (Lipinski definition) is 0. The summed E-state index contributed by atoms with van der Waals surface area (Å²) in [5.41, 5.74) is 0.432. The van der Waals surface area contributed by atoms with Gasteiger partial charge in [-0.25, -0.2) is 4.68 Å². The van der Waals surface area contributed by atoms with Crippen LogP contribution in [-0.2, 0) is 16.5 Å². The minimum Gasteiger partial charge on any atom is -0.368 e. The molecule has 0 bridgehead atoms. The smallest absolute Gasteiger partial charge is 0.287 e. The van der Waals surface area contributed by atoms with Crippen LogP contribution in [-0.4, -0.2) is 41.9 Å². The summed E-state index contributed by atoms with van der Waals surface area (Å²) in [4.78, 5) is 14.0. The van der Waals surface area contributed by atoms with E-state index >= 15 is 0 Å². The lowest BCUT2D eigenvalue weighted by atomic mass is 9.90. The van der Waals surface area contributed by atoms with Gasteiger partial charge in [0.05, 0.1) is 25.1 Å². The van der Waals surface area contributed by atoms with Crippen LogP contribution in [0, 0.1) is 5.92 Å². The third kappa shape index (κ3) is 2.67. The van der Waals surface area contributed by atoms with Crippen molar-refractivity contribution >= 4 is 17.3 Å². The third-order valence-electron chi connectivity index (χ3n) is 4.42. The number of aryl methyl sites for hydroxylation is 1. The summed E-state index contributed by atoms with van der Waals surface area (Å²) in [5, 5.41) is 4.30. The molecule has 116 valence electrons. The first-order valence-electron chi connectivity index (χ1n) is 7.26. The molecule has 0 N–H and O–H groups in total.